The van der Waals surface area contributed by atoms with Crippen LogP contribution in [0.15, 0.2) is 456 Å². The van der Waals surface area contributed by atoms with Gasteiger partial charge in [-0.05, 0) is 213 Å². The molecule has 0 aliphatic rings. The summed E-state index contributed by atoms with van der Waals surface area (Å²) in [6, 6.07) is 139. The number of rotatable bonds is 9. The van der Waals surface area contributed by atoms with E-state index in [1.165, 1.54) is 98.4 Å². The molecule has 4 heteroatoms. The minimum absolute atomic E-state index is 0.201. The van der Waals surface area contributed by atoms with Crippen molar-refractivity contribution >= 4 is 141 Å². The lowest BCUT2D eigenvalue weighted by Crippen LogP contribution is -1.92. The average molecular weight is 1550 g/mol. The van der Waals surface area contributed by atoms with Crippen LogP contribution >= 0.6 is 0 Å². The first-order chi connectivity index (χ1) is 62.2. The minimum atomic E-state index is -0.402. The maximum atomic E-state index is 8.86. The third kappa shape index (κ3) is 11.9. The maximum absolute atomic E-state index is 8.86. The maximum Gasteiger partial charge on any atom is 0.143 e. The summed E-state index contributed by atoms with van der Waals surface area (Å²) in [5, 5.41) is 22.4. The number of pyridine rings is 1. The first-order valence-electron chi connectivity index (χ1n) is 43.5. The van der Waals surface area contributed by atoms with Crippen LogP contribution < -0.4 is 0 Å². The van der Waals surface area contributed by atoms with Crippen molar-refractivity contribution < 1.29 is 20.1 Å². The van der Waals surface area contributed by atoms with Gasteiger partial charge in [0.2, 0.25) is 0 Å². The van der Waals surface area contributed by atoms with Crippen molar-refractivity contribution in [2.75, 3.05) is 0 Å². The van der Waals surface area contributed by atoms with Gasteiger partial charge in [0.25, 0.3) is 0 Å². The number of para-hydroxylation sites is 3. The minimum Gasteiger partial charge on any atom is -0.456 e. The number of aromatic nitrogens is 1. The Hall–Kier alpha value is -16.0. The third-order valence-corrected chi connectivity index (χ3v) is 24.1. The van der Waals surface area contributed by atoms with Crippen LogP contribution in [0.5, 0.6) is 0 Å². The molecule has 4 nitrogen and oxygen atoms in total. The predicted octanol–water partition coefficient (Wildman–Crippen LogP) is 33.2. The summed E-state index contributed by atoms with van der Waals surface area (Å²) in [5.74, 6) is 0. The van der Waals surface area contributed by atoms with Gasteiger partial charge in [-0.25, -0.2) is 0 Å². The van der Waals surface area contributed by atoms with Gasteiger partial charge in [-0.15, -0.1) is 0 Å². The summed E-state index contributed by atoms with van der Waals surface area (Å²) in [6.45, 7) is 0. The van der Waals surface area contributed by atoms with E-state index in [-0.39, 0.29) is 29.7 Å². The van der Waals surface area contributed by atoms with Crippen molar-refractivity contribution in [3.05, 3.63) is 443 Å². The van der Waals surface area contributed by atoms with Crippen molar-refractivity contribution in [2.24, 2.45) is 0 Å². The van der Waals surface area contributed by atoms with Gasteiger partial charge in [0.15, 0.2) is 0 Å². The molecule has 4 aromatic heterocycles. The fourth-order valence-corrected chi connectivity index (χ4v) is 19.0. The van der Waals surface area contributed by atoms with Crippen LogP contribution in [0.25, 0.3) is 241 Å². The highest BCUT2D eigenvalue weighted by Gasteiger charge is 2.27. The van der Waals surface area contributed by atoms with E-state index >= 15 is 0 Å². The molecule has 0 N–H and O–H groups in total. The molecule has 0 radical (unpaired) electrons. The molecule has 121 heavy (non-hydrogen) atoms. The molecular weight excluding hydrogens is 1470 g/mol. The average Bonchev–Trinajstić information content (AvgIpc) is 1.18. The number of furan rings is 3. The Morgan fingerprint density at radius 1 is 0.190 bits per heavy atom. The summed E-state index contributed by atoms with van der Waals surface area (Å²) in [4.78, 5) is 4.38. The zero-order valence-corrected chi connectivity index (χ0v) is 65.4. The molecule has 0 aliphatic carbocycles. The van der Waals surface area contributed by atoms with Gasteiger partial charge in [-0.1, -0.05) is 376 Å². The lowest BCUT2D eigenvalue weighted by atomic mass is 9.84. The molecule has 21 aromatic carbocycles. The monoisotopic (exact) mass is 1540 g/mol. The fourth-order valence-electron chi connectivity index (χ4n) is 19.0. The molecule has 0 bridgehead atoms. The Bertz CT molecular complexity index is 8520. The highest BCUT2D eigenvalue weighted by Crippen LogP contribution is 2.53. The summed E-state index contributed by atoms with van der Waals surface area (Å²) in [7, 11) is 0. The standard InChI is InChI=1S/C42H26O.C38H24O.C37H23NO/c1-2-13-28(14-3-1)39-32-16-6-8-18-34(32)40(35-19-9-7-17-33(35)39)37-25-24-31(30-23-22-27-12-4-5-15-29(27)26-30)42-41(37)36-20-10-11-21-38(36)43-42;1-3-13-25(14-4-1)27-23-33(38-32-21-11-12-22-34(32)39-35(38)24-27)37-30-19-9-7-17-28(30)36(26-15-5-2-6-16-26)29-18-8-10-20-31(29)37;1-2-11-24(12-3-1)34-27-14-4-6-16-29(27)35(30-17-7-5-15-28(30)34)32-21-20-26(25-13-10-22-38-23-25)37-36(32)31-18-8-9-19-33(31)39-37/h1-26H;1-24H;1-23H/i;2D,5D,6D,15D,16D;. The highest BCUT2D eigenvalue weighted by molar-refractivity contribution is 6.30. The fraction of sp³-hybridized carbons (Fsp3) is 0. The summed E-state index contributed by atoms with van der Waals surface area (Å²) in [5.41, 5.74) is 24.3. The van der Waals surface area contributed by atoms with E-state index in [2.05, 4.69) is 320 Å². The van der Waals surface area contributed by atoms with Crippen LogP contribution in [0.1, 0.15) is 6.85 Å². The topological polar surface area (TPSA) is 52.3 Å². The number of hydrogen-bond donors (Lipinski definition) is 0. The van der Waals surface area contributed by atoms with Crippen LogP contribution in [-0.2, 0) is 0 Å². The van der Waals surface area contributed by atoms with Gasteiger partial charge in [-0.3, -0.25) is 4.98 Å². The van der Waals surface area contributed by atoms with Gasteiger partial charge < -0.3 is 13.3 Å². The predicted molar refractivity (Wildman–Crippen MR) is 510 cm³/mol. The zero-order chi connectivity index (χ0) is 84.2. The van der Waals surface area contributed by atoms with Crippen molar-refractivity contribution in [1.29, 1.82) is 0 Å². The second kappa shape index (κ2) is 29.6. The largest absolute Gasteiger partial charge is 0.456 e. The van der Waals surface area contributed by atoms with Crippen molar-refractivity contribution in [3.8, 4) is 100 Å². The van der Waals surface area contributed by atoms with Gasteiger partial charge in [0.05, 0.1) is 6.85 Å². The highest BCUT2D eigenvalue weighted by atomic mass is 16.3. The molecule has 25 rings (SSSR count). The Labute approximate surface area is 705 Å². The van der Waals surface area contributed by atoms with Crippen LogP contribution in [-0.4, -0.2) is 4.98 Å². The summed E-state index contributed by atoms with van der Waals surface area (Å²) < 4.78 is 62.5. The molecular formula is C117H73NO3. The second-order valence-corrected chi connectivity index (χ2v) is 30.8. The zero-order valence-electron chi connectivity index (χ0n) is 70.4. The molecule has 0 atom stereocenters. The quantitative estimate of drug-likeness (QED) is 0.135. The molecule has 0 saturated heterocycles. The Kier molecular flexibility index (Phi) is 16.0. The first kappa shape index (κ1) is 65.2. The second-order valence-electron chi connectivity index (χ2n) is 30.8. The molecule has 0 fully saturated rings. The smallest absolute Gasteiger partial charge is 0.143 e. The van der Waals surface area contributed by atoms with Crippen molar-refractivity contribution in [2.45, 2.75) is 0 Å². The van der Waals surface area contributed by atoms with Gasteiger partial charge in [0, 0.05) is 61.4 Å². The van der Waals surface area contributed by atoms with E-state index in [4.69, 9.17) is 20.1 Å². The van der Waals surface area contributed by atoms with E-state index < -0.39 is 6.04 Å². The molecule has 0 saturated carbocycles. The third-order valence-electron chi connectivity index (χ3n) is 24.1. The molecule has 0 amide bonds. The molecule has 564 valence electrons. The van der Waals surface area contributed by atoms with E-state index in [0.29, 0.717) is 5.56 Å². The molecule has 4 heterocycles. The van der Waals surface area contributed by atoms with Crippen LogP contribution in [0, 0.1) is 0 Å². The van der Waals surface area contributed by atoms with E-state index in [9.17, 15) is 0 Å². The van der Waals surface area contributed by atoms with E-state index in [0.717, 1.165) is 132 Å². The number of benzene rings is 21. The molecule has 0 spiro atoms. The number of hydrogen-bond acceptors (Lipinski definition) is 4. The van der Waals surface area contributed by atoms with Gasteiger partial charge >= 0.3 is 0 Å². The van der Waals surface area contributed by atoms with Gasteiger partial charge in [-0.2, -0.15) is 0 Å². The molecule has 25 aromatic rings. The summed E-state index contributed by atoms with van der Waals surface area (Å²) >= 11 is 0. The Balaban J connectivity index is 0.000000109. The first-order valence-corrected chi connectivity index (χ1v) is 41.0. The number of nitrogens with zero attached hydrogens (tertiary/aromatic N) is 1. The summed E-state index contributed by atoms with van der Waals surface area (Å²) in [6.07, 6.45) is 3.71. The van der Waals surface area contributed by atoms with Crippen LogP contribution in [0.2, 0.25) is 0 Å². The van der Waals surface area contributed by atoms with Crippen LogP contribution in [0.4, 0.5) is 0 Å². The Morgan fingerprint density at radius 3 is 0.967 bits per heavy atom. The van der Waals surface area contributed by atoms with Crippen molar-refractivity contribution in [1.82, 2.24) is 4.98 Å². The van der Waals surface area contributed by atoms with E-state index in [1.54, 1.807) is 6.20 Å². The molecule has 0 unspecified atom stereocenters. The van der Waals surface area contributed by atoms with E-state index in [1.807, 2.05) is 91.1 Å². The van der Waals surface area contributed by atoms with Crippen LogP contribution in [0.3, 0.4) is 0 Å². The lowest BCUT2D eigenvalue weighted by molar-refractivity contribution is 0.669. The Morgan fingerprint density at radius 2 is 0.529 bits per heavy atom. The molecule has 0 aliphatic heterocycles. The normalized spacial score (nSPS) is 12.2. The van der Waals surface area contributed by atoms with Gasteiger partial charge in [0.1, 0.15) is 33.5 Å². The van der Waals surface area contributed by atoms with Crippen molar-refractivity contribution in [3.63, 3.8) is 0 Å². The lowest BCUT2D eigenvalue weighted by Gasteiger charge is -2.19. The number of fused-ring (bicyclic) bond motifs is 16. The SMILES string of the molecule is [2H]c1c([2H])c([2H])c(-c2c3ccccc3c(-c3cc(-c4ccccc4)cc4oc5ccccc5c34)c3ccccc23)c([2H])c1[2H].c1ccc(-c2c3ccccc3c(-c3ccc(-c4ccc5ccccc5c4)c4oc5ccccc5c34)c3ccccc23)cc1.c1ccc(-c2c3ccccc3c(-c3ccc(-c4cccnc4)c4oc5ccccc5c34)c3ccccc23)cc1.